The smallest absolute Gasteiger partial charge is 0.243 e. The van der Waals surface area contributed by atoms with Gasteiger partial charge in [0.1, 0.15) is 0 Å². The Morgan fingerprint density at radius 1 is 1.23 bits per heavy atom. The summed E-state index contributed by atoms with van der Waals surface area (Å²) in [6, 6.07) is 7.41. The fourth-order valence-electron chi connectivity index (χ4n) is 2.83. The second-order valence-corrected chi connectivity index (χ2v) is 8.63. The monoisotopic (exact) mass is 346 g/mol. The predicted octanol–water partition coefficient (Wildman–Crippen LogP) is 2.78. The van der Waals surface area contributed by atoms with Crippen LogP contribution in [-0.2, 0) is 15.4 Å². The molecular formula is C16H27ClN2O2S. The van der Waals surface area contributed by atoms with Crippen molar-refractivity contribution in [2.24, 2.45) is 0 Å². The highest BCUT2D eigenvalue weighted by Crippen LogP contribution is 2.28. The molecule has 126 valence electrons. The Morgan fingerprint density at radius 3 is 2.32 bits per heavy atom. The lowest BCUT2D eigenvalue weighted by atomic mass is 9.87. The molecule has 6 heteroatoms. The van der Waals surface area contributed by atoms with Crippen LogP contribution in [0.25, 0.3) is 0 Å². The van der Waals surface area contributed by atoms with E-state index >= 15 is 0 Å². The lowest BCUT2D eigenvalue weighted by Crippen LogP contribution is -2.40. The molecule has 0 amide bonds. The second-order valence-electron chi connectivity index (χ2n) is 6.74. The molecule has 1 N–H and O–H groups in total. The Labute approximate surface area is 140 Å². The van der Waals surface area contributed by atoms with E-state index in [4.69, 9.17) is 0 Å². The Morgan fingerprint density at radius 2 is 1.82 bits per heavy atom. The zero-order valence-corrected chi connectivity index (χ0v) is 15.4. The van der Waals surface area contributed by atoms with Crippen LogP contribution in [0.3, 0.4) is 0 Å². The lowest BCUT2D eigenvalue weighted by molar-refractivity contribution is 0.379. The zero-order chi connectivity index (χ0) is 15.7. The Balaban J connectivity index is 0.00000242. The van der Waals surface area contributed by atoms with Crippen LogP contribution in [0.1, 0.15) is 39.2 Å². The molecule has 0 radical (unpaired) electrons. The summed E-state index contributed by atoms with van der Waals surface area (Å²) < 4.78 is 27.2. The van der Waals surface area contributed by atoms with E-state index in [-0.39, 0.29) is 23.9 Å². The van der Waals surface area contributed by atoms with E-state index in [1.807, 2.05) is 19.2 Å². The Bertz CT molecular complexity index is 579. The van der Waals surface area contributed by atoms with Crippen LogP contribution in [0.4, 0.5) is 0 Å². The number of benzene rings is 1. The molecule has 1 aliphatic rings. The molecule has 1 heterocycles. The maximum atomic E-state index is 12.8. The fourth-order valence-corrected chi connectivity index (χ4v) is 4.52. The standard InChI is InChI=1S/C16H26N2O2S.ClH/c1-16(2,3)13-7-9-15(10-8-13)21(19,20)18-11-5-6-14(18)12-17-4;/h7-10,14,17H,5-6,11-12H2,1-4H3;1H. The van der Waals surface area contributed by atoms with Crippen LogP contribution in [0.5, 0.6) is 0 Å². The third-order valence-corrected chi connectivity index (χ3v) is 6.06. The molecular weight excluding hydrogens is 320 g/mol. The van der Waals surface area contributed by atoms with Gasteiger partial charge in [-0.3, -0.25) is 0 Å². The van der Waals surface area contributed by atoms with Gasteiger partial charge in [-0.25, -0.2) is 8.42 Å². The normalized spacial score (nSPS) is 19.9. The third kappa shape index (κ3) is 4.02. The molecule has 4 nitrogen and oxygen atoms in total. The summed E-state index contributed by atoms with van der Waals surface area (Å²) in [7, 11) is -1.52. The summed E-state index contributed by atoms with van der Waals surface area (Å²) in [6.45, 7) is 7.70. The molecule has 0 aliphatic carbocycles. The predicted molar refractivity (Wildman–Crippen MR) is 93.2 cm³/mol. The average Bonchev–Trinajstić information content (AvgIpc) is 2.87. The molecule has 0 bridgehead atoms. The van der Waals surface area contributed by atoms with Gasteiger partial charge in [0.25, 0.3) is 0 Å². The Kier molecular flexibility index (Phi) is 6.45. The minimum atomic E-state index is -3.38. The van der Waals surface area contributed by atoms with Crippen molar-refractivity contribution in [1.82, 2.24) is 9.62 Å². The van der Waals surface area contributed by atoms with Crippen molar-refractivity contribution in [3.8, 4) is 0 Å². The molecule has 1 aliphatic heterocycles. The van der Waals surface area contributed by atoms with Gasteiger partial charge in [-0.15, -0.1) is 12.4 Å². The summed E-state index contributed by atoms with van der Waals surface area (Å²) in [6.07, 6.45) is 1.87. The third-order valence-electron chi connectivity index (χ3n) is 4.09. The van der Waals surface area contributed by atoms with Crippen LogP contribution >= 0.6 is 12.4 Å². The first kappa shape index (κ1) is 19.4. The van der Waals surface area contributed by atoms with E-state index < -0.39 is 10.0 Å². The van der Waals surface area contributed by atoms with Gasteiger partial charge in [-0.2, -0.15) is 4.31 Å². The highest BCUT2D eigenvalue weighted by atomic mass is 35.5. The molecule has 1 saturated heterocycles. The van der Waals surface area contributed by atoms with Crippen molar-refractivity contribution < 1.29 is 8.42 Å². The van der Waals surface area contributed by atoms with Gasteiger partial charge in [-0.1, -0.05) is 32.9 Å². The number of nitrogens with one attached hydrogen (secondary N) is 1. The number of nitrogens with zero attached hydrogens (tertiary/aromatic N) is 1. The number of sulfonamides is 1. The maximum Gasteiger partial charge on any atom is 0.243 e. The first-order valence-electron chi connectivity index (χ1n) is 7.54. The van der Waals surface area contributed by atoms with E-state index in [2.05, 4.69) is 26.1 Å². The van der Waals surface area contributed by atoms with E-state index in [1.165, 1.54) is 0 Å². The number of hydrogen-bond donors (Lipinski definition) is 1. The van der Waals surface area contributed by atoms with Crippen molar-refractivity contribution in [3.05, 3.63) is 29.8 Å². The summed E-state index contributed by atoms with van der Waals surface area (Å²) >= 11 is 0. The van der Waals surface area contributed by atoms with Gasteiger partial charge >= 0.3 is 0 Å². The first-order valence-corrected chi connectivity index (χ1v) is 8.98. The van der Waals surface area contributed by atoms with Crippen LogP contribution in [0.15, 0.2) is 29.2 Å². The zero-order valence-electron chi connectivity index (χ0n) is 13.8. The van der Waals surface area contributed by atoms with E-state index in [1.54, 1.807) is 16.4 Å². The van der Waals surface area contributed by atoms with E-state index in [9.17, 15) is 8.42 Å². The van der Waals surface area contributed by atoms with Crippen LogP contribution in [0.2, 0.25) is 0 Å². The van der Waals surface area contributed by atoms with Crippen molar-refractivity contribution >= 4 is 22.4 Å². The summed E-state index contributed by atoms with van der Waals surface area (Å²) in [5, 5.41) is 3.09. The molecule has 2 rings (SSSR count). The molecule has 22 heavy (non-hydrogen) atoms. The minimum absolute atomic E-state index is 0. The number of hydrogen-bond acceptors (Lipinski definition) is 3. The Hall–Kier alpha value is -0.620. The molecule has 1 unspecified atom stereocenters. The van der Waals surface area contributed by atoms with Gasteiger partial charge in [-0.05, 0) is 43.0 Å². The second kappa shape index (κ2) is 7.30. The van der Waals surface area contributed by atoms with Gasteiger partial charge < -0.3 is 5.32 Å². The average molecular weight is 347 g/mol. The maximum absolute atomic E-state index is 12.8. The SMILES string of the molecule is CNCC1CCCN1S(=O)(=O)c1ccc(C(C)(C)C)cc1.Cl. The van der Waals surface area contributed by atoms with Gasteiger partial charge in [0.15, 0.2) is 0 Å². The number of likely N-dealkylation sites (N-methyl/N-ethyl adjacent to an activating group) is 1. The largest absolute Gasteiger partial charge is 0.318 e. The summed E-state index contributed by atoms with van der Waals surface area (Å²) in [5.74, 6) is 0. The van der Waals surface area contributed by atoms with Crippen LogP contribution in [0, 0.1) is 0 Å². The molecule has 1 aromatic carbocycles. The molecule has 0 spiro atoms. The molecule has 1 aromatic rings. The number of rotatable bonds is 4. The summed E-state index contributed by atoms with van der Waals surface area (Å²) in [4.78, 5) is 0.401. The van der Waals surface area contributed by atoms with Crippen molar-refractivity contribution in [1.29, 1.82) is 0 Å². The fraction of sp³-hybridized carbons (Fsp3) is 0.625. The van der Waals surface area contributed by atoms with Gasteiger partial charge in [0.05, 0.1) is 4.90 Å². The van der Waals surface area contributed by atoms with Crippen molar-refractivity contribution in [2.45, 2.75) is 50.0 Å². The lowest BCUT2D eigenvalue weighted by Gasteiger charge is -2.24. The van der Waals surface area contributed by atoms with E-state index in [0.29, 0.717) is 18.0 Å². The van der Waals surface area contributed by atoms with E-state index in [0.717, 1.165) is 18.4 Å². The quantitative estimate of drug-likeness (QED) is 0.912. The van der Waals surface area contributed by atoms with Crippen LogP contribution < -0.4 is 5.32 Å². The van der Waals surface area contributed by atoms with Crippen LogP contribution in [-0.4, -0.2) is 38.9 Å². The number of halogens is 1. The van der Waals surface area contributed by atoms with Crippen molar-refractivity contribution in [3.63, 3.8) is 0 Å². The molecule has 0 saturated carbocycles. The van der Waals surface area contributed by atoms with Crippen molar-refractivity contribution in [2.75, 3.05) is 20.1 Å². The molecule has 1 fully saturated rings. The highest BCUT2D eigenvalue weighted by Gasteiger charge is 2.34. The molecule has 0 aromatic heterocycles. The van der Waals surface area contributed by atoms with Gasteiger partial charge in [0, 0.05) is 19.1 Å². The first-order chi connectivity index (χ1) is 9.76. The summed E-state index contributed by atoms with van der Waals surface area (Å²) in [5.41, 5.74) is 1.18. The topological polar surface area (TPSA) is 49.4 Å². The molecule has 1 atom stereocenters. The minimum Gasteiger partial charge on any atom is -0.318 e. The van der Waals surface area contributed by atoms with Gasteiger partial charge in [0.2, 0.25) is 10.0 Å². The highest BCUT2D eigenvalue weighted by molar-refractivity contribution is 7.89.